The number of hydrogen-bond acceptors (Lipinski definition) is 5. The number of aromatic nitrogens is 3. The van der Waals surface area contributed by atoms with Crippen molar-refractivity contribution in [2.75, 3.05) is 19.7 Å². The van der Waals surface area contributed by atoms with Gasteiger partial charge in [0.25, 0.3) is 0 Å². The number of carbonyl (C=O) groups excluding carboxylic acids is 1. The van der Waals surface area contributed by atoms with Crippen molar-refractivity contribution < 1.29 is 9.53 Å². The van der Waals surface area contributed by atoms with Gasteiger partial charge in [-0.15, -0.1) is 0 Å². The molecule has 98 valence electrons. The zero-order valence-corrected chi connectivity index (χ0v) is 11.6. The summed E-state index contributed by atoms with van der Waals surface area (Å²) in [7, 11) is 0. The van der Waals surface area contributed by atoms with Crippen LogP contribution >= 0.6 is 15.9 Å². The second-order valence-corrected chi connectivity index (χ2v) is 5.10. The Morgan fingerprint density at radius 1 is 1.42 bits per heavy atom. The first kappa shape index (κ1) is 12.4. The second-order valence-electron chi connectivity index (χ2n) is 4.24. The highest BCUT2D eigenvalue weighted by Gasteiger charge is 2.22. The van der Waals surface area contributed by atoms with E-state index in [1.54, 1.807) is 23.5 Å². The summed E-state index contributed by atoms with van der Waals surface area (Å²) in [5.74, 6) is 0. The molecule has 0 saturated carbocycles. The summed E-state index contributed by atoms with van der Waals surface area (Å²) >= 11 is 3.41. The van der Waals surface area contributed by atoms with E-state index in [2.05, 4.69) is 30.9 Å². The lowest BCUT2D eigenvalue weighted by Crippen LogP contribution is -2.37. The molecule has 1 aliphatic heterocycles. The molecule has 3 heterocycles. The van der Waals surface area contributed by atoms with Crippen LogP contribution in [0.3, 0.4) is 0 Å². The van der Waals surface area contributed by atoms with E-state index in [-0.39, 0.29) is 6.10 Å². The van der Waals surface area contributed by atoms with E-state index < -0.39 is 0 Å². The van der Waals surface area contributed by atoms with Crippen LogP contribution in [0.4, 0.5) is 0 Å². The van der Waals surface area contributed by atoms with Crippen LogP contribution < -0.4 is 0 Å². The molecule has 1 atom stereocenters. The highest BCUT2D eigenvalue weighted by molar-refractivity contribution is 9.10. The Bertz CT molecular complexity index is 622. The quantitative estimate of drug-likeness (QED) is 0.780. The zero-order valence-electron chi connectivity index (χ0n) is 9.99. The Morgan fingerprint density at radius 3 is 3.16 bits per heavy atom. The van der Waals surface area contributed by atoms with Crippen LogP contribution in [0.2, 0.25) is 0 Å². The highest BCUT2D eigenvalue weighted by Crippen LogP contribution is 2.24. The Balaban J connectivity index is 1.96. The number of pyridine rings is 1. The SMILES string of the molecule is O=CN1CCOC(c2cnc3cncc(Br)c3n2)C1. The van der Waals surface area contributed by atoms with Crippen LogP contribution in [0.5, 0.6) is 0 Å². The number of halogens is 1. The average molecular weight is 323 g/mol. The van der Waals surface area contributed by atoms with Crippen LogP contribution in [-0.2, 0) is 9.53 Å². The number of morpholine rings is 1. The smallest absolute Gasteiger partial charge is 0.209 e. The summed E-state index contributed by atoms with van der Waals surface area (Å²) in [4.78, 5) is 25.4. The molecule has 0 radical (unpaired) electrons. The number of nitrogens with zero attached hydrogens (tertiary/aromatic N) is 4. The third kappa shape index (κ3) is 2.43. The van der Waals surface area contributed by atoms with Crippen molar-refractivity contribution in [2.24, 2.45) is 0 Å². The number of amides is 1. The van der Waals surface area contributed by atoms with Gasteiger partial charge in [-0.05, 0) is 15.9 Å². The molecule has 1 amide bonds. The Hall–Kier alpha value is -1.60. The third-order valence-electron chi connectivity index (χ3n) is 3.01. The third-order valence-corrected chi connectivity index (χ3v) is 3.59. The van der Waals surface area contributed by atoms with E-state index in [1.165, 1.54) is 0 Å². The molecule has 3 rings (SSSR count). The lowest BCUT2D eigenvalue weighted by molar-refractivity contribution is -0.125. The minimum Gasteiger partial charge on any atom is -0.368 e. The normalized spacial score (nSPS) is 19.6. The summed E-state index contributed by atoms with van der Waals surface area (Å²) in [6.07, 6.45) is 5.63. The van der Waals surface area contributed by atoms with Crippen molar-refractivity contribution in [3.05, 3.63) is 28.8 Å². The lowest BCUT2D eigenvalue weighted by Gasteiger charge is -2.29. The van der Waals surface area contributed by atoms with E-state index in [1.807, 2.05) is 0 Å². The summed E-state index contributed by atoms with van der Waals surface area (Å²) in [6, 6.07) is 0. The first-order valence-corrected chi connectivity index (χ1v) is 6.64. The Kier molecular flexibility index (Phi) is 3.39. The van der Waals surface area contributed by atoms with Gasteiger partial charge in [-0.25, -0.2) is 4.98 Å². The van der Waals surface area contributed by atoms with Crippen LogP contribution in [0.1, 0.15) is 11.8 Å². The van der Waals surface area contributed by atoms with Gasteiger partial charge < -0.3 is 9.64 Å². The summed E-state index contributed by atoms with van der Waals surface area (Å²) in [5, 5.41) is 0. The molecule has 6 nitrogen and oxygen atoms in total. The number of rotatable bonds is 2. The molecule has 0 spiro atoms. The second kappa shape index (κ2) is 5.18. The van der Waals surface area contributed by atoms with E-state index in [0.717, 1.165) is 27.6 Å². The van der Waals surface area contributed by atoms with Gasteiger partial charge in [-0.2, -0.15) is 0 Å². The number of ether oxygens (including phenoxy) is 1. The number of hydrogen-bond donors (Lipinski definition) is 0. The van der Waals surface area contributed by atoms with Crippen LogP contribution in [-0.4, -0.2) is 46.0 Å². The van der Waals surface area contributed by atoms with Crippen molar-refractivity contribution in [1.82, 2.24) is 19.9 Å². The number of carbonyl (C=O) groups is 1. The fraction of sp³-hybridized carbons (Fsp3) is 0.333. The molecule has 19 heavy (non-hydrogen) atoms. The summed E-state index contributed by atoms with van der Waals surface area (Å²) in [6.45, 7) is 1.64. The molecule has 1 saturated heterocycles. The largest absolute Gasteiger partial charge is 0.368 e. The topological polar surface area (TPSA) is 68.2 Å². The molecule has 1 aliphatic rings. The van der Waals surface area contributed by atoms with Crippen LogP contribution in [0.15, 0.2) is 23.1 Å². The van der Waals surface area contributed by atoms with Gasteiger partial charge in [0.05, 0.1) is 35.7 Å². The van der Waals surface area contributed by atoms with E-state index >= 15 is 0 Å². The van der Waals surface area contributed by atoms with Crippen molar-refractivity contribution in [3.63, 3.8) is 0 Å². The molecule has 1 fully saturated rings. The van der Waals surface area contributed by atoms with Crippen molar-refractivity contribution in [2.45, 2.75) is 6.10 Å². The standard InChI is InChI=1S/C12H11BrN4O2/c13-8-3-14-4-10-12(8)16-9(5-15-10)11-6-17(7-18)1-2-19-11/h3-5,7,11H,1-2,6H2. The molecule has 7 heteroatoms. The van der Waals surface area contributed by atoms with Gasteiger partial charge in [0.2, 0.25) is 6.41 Å². The Morgan fingerprint density at radius 2 is 2.32 bits per heavy atom. The molecule has 1 unspecified atom stereocenters. The van der Waals surface area contributed by atoms with Crippen molar-refractivity contribution in [3.8, 4) is 0 Å². The molecule has 2 aromatic rings. The van der Waals surface area contributed by atoms with E-state index in [9.17, 15) is 4.79 Å². The summed E-state index contributed by atoms with van der Waals surface area (Å²) < 4.78 is 6.44. The molecule has 2 aromatic heterocycles. The monoisotopic (exact) mass is 322 g/mol. The minimum absolute atomic E-state index is 0.226. The van der Waals surface area contributed by atoms with Gasteiger partial charge in [0, 0.05) is 12.7 Å². The lowest BCUT2D eigenvalue weighted by atomic mass is 10.2. The van der Waals surface area contributed by atoms with E-state index in [0.29, 0.717) is 19.7 Å². The van der Waals surface area contributed by atoms with Gasteiger partial charge in [0.15, 0.2) is 0 Å². The first-order valence-electron chi connectivity index (χ1n) is 5.85. The maximum absolute atomic E-state index is 10.8. The number of fused-ring (bicyclic) bond motifs is 1. The summed E-state index contributed by atoms with van der Waals surface area (Å²) in [5.41, 5.74) is 2.20. The predicted molar refractivity (Wildman–Crippen MR) is 71.4 cm³/mol. The van der Waals surface area contributed by atoms with Crippen LogP contribution in [0, 0.1) is 0 Å². The zero-order chi connectivity index (χ0) is 13.2. The Labute approximate surface area is 117 Å². The molecular formula is C12H11BrN4O2. The van der Waals surface area contributed by atoms with Crippen molar-refractivity contribution >= 4 is 33.4 Å². The van der Waals surface area contributed by atoms with Crippen molar-refractivity contribution in [1.29, 1.82) is 0 Å². The van der Waals surface area contributed by atoms with E-state index in [4.69, 9.17) is 4.74 Å². The fourth-order valence-electron chi connectivity index (χ4n) is 2.02. The molecule has 0 aromatic carbocycles. The average Bonchev–Trinajstić information content (AvgIpc) is 2.47. The maximum Gasteiger partial charge on any atom is 0.209 e. The fourth-order valence-corrected chi connectivity index (χ4v) is 2.43. The molecule has 0 bridgehead atoms. The highest BCUT2D eigenvalue weighted by atomic mass is 79.9. The van der Waals surface area contributed by atoms with Gasteiger partial charge >= 0.3 is 0 Å². The van der Waals surface area contributed by atoms with Gasteiger partial charge in [-0.3, -0.25) is 14.8 Å². The predicted octanol–water partition coefficient (Wildman–Crippen LogP) is 1.32. The van der Waals surface area contributed by atoms with Crippen LogP contribution in [0.25, 0.3) is 11.0 Å². The maximum atomic E-state index is 10.8. The van der Waals surface area contributed by atoms with Gasteiger partial charge in [0.1, 0.15) is 17.1 Å². The first-order chi connectivity index (χ1) is 9.28. The molecule has 0 N–H and O–H groups in total. The minimum atomic E-state index is -0.226. The molecule has 0 aliphatic carbocycles. The molecular weight excluding hydrogens is 312 g/mol. The van der Waals surface area contributed by atoms with Gasteiger partial charge in [-0.1, -0.05) is 0 Å².